The Hall–Kier alpha value is -2.04. The number of benzene rings is 1. The van der Waals surface area contributed by atoms with Gasteiger partial charge in [0.2, 0.25) is 0 Å². The van der Waals surface area contributed by atoms with Crippen LogP contribution < -0.4 is 4.74 Å². The largest absolute Gasteiger partial charge is 0.504 e. The summed E-state index contributed by atoms with van der Waals surface area (Å²) in [4.78, 5) is 4.59. The summed E-state index contributed by atoms with van der Waals surface area (Å²) in [5.74, 6) is 2.98. The van der Waals surface area contributed by atoms with Crippen molar-refractivity contribution in [1.82, 2.24) is 14.8 Å². The molecule has 0 fully saturated rings. The van der Waals surface area contributed by atoms with Crippen molar-refractivity contribution in [2.24, 2.45) is 5.92 Å². The van der Waals surface area contributed by atoms with E-state index in [1.807, 2.05) is 10.7 Å². The van der Waals surface area contributed by atoms with Gasteiger partial charge in [0.15, 0.2) is 17.3 Å². The van der Waals surface area contributed by atoms with Gasteiger partial charge in [0, 0.05) is 18.5 Å². The highest BCUT2D eigenvalue weighted by Gasteiger charge is 2.19. The van der Waals surface area contributed by atoms with Crippen LogP contribution in [0.1, 0.15) is 19.2 Å². The average Bonchev–Trinajstić information content (AvgIpc) is 2.82. The Bertz CT molecular complexity index is 607. The summed E-state index contributed by atoms with van der Waals surface area (Å²) in [7, 11) is 1.53. The molecule has 5 heteroatoms. The van der Waals surface area contributed by atoms with Crippen LogP contribution in [-0.4, -0.2) is 27.0 Å². The molecule has 0 saturated heterocycles. The van der Waals surface area contributed by atoms with Crippen LogP contribution >= 0.6 is 0 Å². The SMILES string of the molecule is COc1cc(-c2nc3n(n2)CCC(C)C3)ccc1O. The summed E-state index contributed by atoms with van der Waals surface area (Å²) in [6.07, 6.45) is 2.12. The van der Waals surface area contributed by atoms with Gasteiger partial charge < -0.3 is 9.84 Å². The number of hydrogen-bond acceptors (Lipinski definition) is 4. The maximum absolute atomic E-state index is 9.61. The summed E-state index contributed by atoms with van der Waals surface area (Å²) in [5, 5.41) is 14.1. The Labute approximate surface area is 111 Å². The van der Waals surface area contributed by atoms with Crippen molar-refractivity contribution in [3.05, 3.63) is 24.0 Å². The first-order valence-electron chi connectivity index (χ1n) is 6.48. The van der Waals surface area contributed by atoms with E-state index in [0.717, 1.165) is 30.8 Å². The Kier molecular flexibility index (Phi) is 2.89. The zero-order valence-corrected chi connectivity index (χ0v) is 11.1. The second-order valence-electron chi connectivity index (χ2n) is 5.06. The molecule has 3 rings (SSSR count). The molecule has 0 spiro atoms. The number of fused-ring (bicyclic) bond motifs is 1. The molecule has 0 saturated carbocycles. The smallest absolute Gasteiger partial charge is 0.181 e. The fraction of sp³-hybridized carbons (Fsp3) is 0.429. The highest BCUT2D eigenvalue weighted by atomic mass is 16.5. The molecular weight excluding hydrogens is 242 g/mol. The minimum absolute atomic E-state index is 0.129. The predicted octanol–water partition coefficient (Wildman–Crippen LogP) is 2.24. The van der Waals surface area contributed by atoms with Crippen molar-refractivity contribution >= 4 is 0 Å². The number of hydrogen-bond donors (Lipinski definition) is 1. The number of aromatic hydroxyl groups is 1. The first kappa shape index (κ1) is 12.0. The van der Waals surface area contributed by atoms with Gasteiger partial charge in [0.25, 0.3) is 0 Å². The second-order valence-corrected chi connectivity index (χ2v) is 5.06. The standard InChI is InChI=1S/C14H17N3O2/c1-9-5-6-17-13(7-9)15-14(16-17)10-3-4-11(18)12(8-10)19-2/h3-4,8-9,18H,5-7H2,1-2H3. The van der Waals surface area contributed by atoms with Gasteiger partial charge in [-0.1, -0.05) is 6.92 Å². The lowest BCUT2D eigenvalue weighted by molar-refractivity contribution is 0.373. The molecule has 1 unspecified atom stereocenters. The van der Waals surface area contributed by atoms with Crippen LogP contribution in [0.4, 0.5) is 0 Å². The van der Waals surface area contributed by atoms with Gasteiger partial charge in [-0.25, -0.2) is 9.67 Å². The van der Waals surface area contributed by atoms with E-state index in [2.05, 4.69) is 17.0 Å². The molecule has 2 heterocycles. The van der Waals surface area contributed by atoms with Crippen molar-refractivity contribution in [3.63, 3.8) is 0 Å². The van der Waals surface area contributed by atoms with Crippen LogP contribution in [0.25, 0.3) is 11.4 Å². The van der Waals surface area contributed by atoms with E-state index < -0.39 is 0 Å². The fourth-order valence-corrected chi connectivity index (χ4v) is 2.40. The van der Waals surface area contributed by atoms with E-state index in [4.69, 9.17) is 4.74 Å². The molecule has 1 atom stereocenters. The van der Waals surface area contributed by atoms with Crippen molar-refractivity contribution in [3.8, 4) is 22.9 Å². The molecular formula is C14H17N3O2. The molecule has 0 aliphatic carbocycles. The molecule has 1 aromatic heterocycles. The molecule has 1 aliphatic heterocycles. The minimum Gasteiger partial charge on any atom is -0.504 e. The molecule has 0 radical (unpaired) electrons. The van der Waals surface area contributed by atoms with Gasteiger partial charge in [0.1, 0.15) is 5.82 Å². The number of ether oxygens (including phenoxy) is 1. The van der Waals surface area contributed by atoms with Crippen molar-refractivity contribution in [2.45, 2.75) is 26.3 Å². The van der Waals surface area contributed by atoms with Gasteiger partial charge in [-0.2, -0.15) is 5.10 Å². The lowest BCUT2D eigenvalue weighted by atomic mass is 10.0. The first-order valence-corrected chi connectivity index (χ1v) is 6.48. The summed E-state index contributed by atoms with van der Waals surface area (Å²) in [6.45, 7) is 3.17. The van der Waals surface area contributed by atoms with Gasteiger partial charge in [0.05, 0.1) is 7.11 Å². The quantitative estimate of drug-likeness (QED) is 0.898. The van der Waals surface area contributed by atoms with E-state index in [-0.39, 0.29) is 5.75 Å². The van der Waals surface area contributed by atoms with Gasteiger partial charge in [-0.05, 0) is 30.5 Å². The summed E-state index contributed by atoms with van der Waals surface area (Å²) < 4.78 is 7.09. The van der Waals surface area contributed by atoms with Gasteiger partial charge in [-0.15, -0.1) is 0 Å². The molecule has 100 valence electrons. The molecule has 1 aromatic carbocycles. The Morgan fingerprint density at radius 3 is 3.05 bits per heavy atom. The zero-order chi connectivity index (χ0) is 13.4. The third kappa shape index (κ3) is 2.16. The molecule has 19 heavy (non-hydrogen) atoms. The second kappa shape index (κ2) is 4.57. The fourth-order valence-electron chi connectivity index (χ4n) is 2.40. The number of phenols is 1. The van der Waals surface area contributed by atoms with Gasteiger partial charge >= 0.3 is 0 Å². The monoisotopic (exact) mass is 259 g/mol. The highest BCUT2D eigenvalue weighted by Crippen LogP contribution is 2.31. The van der Waals surface area contributed by atoms with Crippen LogP contribution in [0, 0.1) is 5.92 Å². The first-order chi connectivity index (χ1) is 9.17. The Morgan fingerprint density at radius 1 is 1.42 bits per heavy atom. The van der Waals surface area contributed by atoms with Crippen LogP contribution in [0.15, 0.2) is 18.2 Å². The van der Waals surface area contributed by atoms with Crippen molar-refractivity contribution in [2.75, 3.05) is 7.11 Å². The summed E-state index contributed by atoms with van der Waals surface area (Å²) in [6, 6.07) is 5.18. The summed E-state index contributed by atoms with van der Waals surface area (Å²) >= 11 is 0. The maximum atomic E-state index is 9.61. The molecule has 1 N–H and O–H groups in total. The number of methoxy groups -OCH3 is 1. The molecule has 1 aliphatic rings. The lowest BCUT2D eigenvalue weighted by Crippen LogP contribution is -2.18. The van der Waals surface area contributed by atoms with Crippen molar-refractivity contribution < 1.29 is 9.84 Å². The van der Waals surface area contributed by atoms with E-state index in [1.54, 1.807) is 12.1 Å². The lowest BCUT2D eigenvalue weighted by Gasteiger charge is -2.17. The number of rotatable bonds is 2. The average molecular weight is 259 g/mol. The van der Waals surface area contributed by atoms with E-state index in [1.165, 1.54) is 7.11 Å². The highest BCUT2D eigenvalue weighted by molar-refractivity contribution is 5.60. The van der Waals surface area contributed by atoms with Crippen molar-refractivity contribution in [1.29, 1.82) is 0 Å². The molecule has 0 amide bonds. The number of aromatic nitrogens is 3. The zero-order valence-electron chi connectivity index (χ0n) is 11.1. The normalized spacial score (nSPS) is 18.1. The molecule has 5 nitrogen and oxygen atoms in total. The number of phenolic OH excluding ortho intramolecular Hbond substituents is 1. The van der Waals surface area contributed by atoms with Gasteiger partial charge in [-0.3, -0.25) is 0 Å². The molecule has 0 bridgehead atoms. The van der Waals surface area contributed by atoms with Crippen LogP contribution in [0.5, 0.6) is 11.5 Å². The Morgan fingerprint density at radius 2 is 2.26 bits per heavy atom. The predicted molar refractivity (Wildman–Crippen MR) is 71.2 cm³/mol. The van der Waals surface area contributed by atoms with E-state index >= 15 is 0 Å². The Balaban J connectivity index is 1.99. The van der Waals surface area contributed by atoms with Crippen LogP contribution in [-0.2, 0) is 13.0 Å². The summed E-state index contributed by atoms with van der Waals surface area (Å²) in [5.41, 5.74) is 0.865. The van der Waals surface area contributed by atoms with E-state index in [9.17, 15) is 5.11 Å². The topological polar surface area (TPSA) is 60.2 Å². The van der Waals surface area contributed by atoms with Crippen LogP contribution in [0.3, 0.4) is 0 Å². The minimum atomic E-state index is 0.129. The maximum Gasteiger partial charge on any atom is 0.181 e. The number of aryl methyl sites for hydroxylation is 1. The number of nitrogens with zero attached hydrogens (tertiary/aromatic N) is 3. The third-order valence-electron chi connectivity index (χ3n) is 3.55. The molecule has 2 aromatic rings. The van der Waals surface area contributed by atoms with Crippen LogP contribution in [0.2, 0.25) is 0 Å². The third-order valence-corrected chi connectivity index (χ3v) is 3.55. The van der Waals surface area contributed by atoms with E-state index in [0.29, 0.717) is 17.5 Å².